The fourth-order valence-corrected chi connectivity index (χ4v) is 5.19. The van der Waals surface area contributed by atoms with Gasteiger partial charge in [-0.15, -0.1) is 11.3 Å². The molecule has 1 aromatic rings. The first-order valence-corrected chi connectivity index (χ1v) is 11.6. The first-order chi connectivity index (χ1) is 13.5. The zero-order chi connectivity index (χ0) is 19.9. The Morgan fingerprint density at radius 3 is 2.82 bits per heavy atom. The Bertz CT molecular complexity index is 666. The summed E-state index contributed by atoms with van der Waals surface area (Å²) in [6, 6.07) is 0.275. The fraction of sp³-hybridized carbons (Fsp3) is 0.762. The second kappa shape index (κ2) is 10.2. The van der Waals surface area contributed by atoms with Gasteiger partial charge in [0.25, 0.3) is 0 Å². The molecule has 1 aliphatic heterocycles. The number of guanidine groups is 1. The maximum absolute atomic E-state index is 12.7. The minimum atomic E-state index is 0.260. The van der Waals surface area contributed by atoms with Crippen molar-refractivity contribution in [3.63, 3.8) is 0 Å². The number of carbonyl (C=O) groups excluding carboxylic acids is 1. The Morgan fingerprint density at radius 2 is 2.11 bits per heavy atom. The lowest BCUT2D eigenvalue weighted by molar-refractivity contribution is -0.135. The molecular weight excluding hydrogens is 370 g/mol. The molecule has 1 saturated heterocycles. The van der Waals surface area contributed by atoms with Crippen molar-refractivity contribution >= 4 is 23.2 Å². The van der Waals surface area contributed by atoms with Gasteiger partial charge >= 0.3 is 0 Å². The number of hydrogen-bond acceptors (Lipinski definition) is 4. The summed E-state index contributed by atoms with van der Waals surface area (Å²) < 4.78 is 0. The van der Waals surface area contributed by atoms with Gasteiger partial charge < -0.3 is 15.5 Å². The lowest BCUT2D eigenvalue weighted by Gasteiger charge is -2.26. The third-order valence-corrected chi connectivity index (χ3v) is 6.65. The van der Waals surface area contributed by atoms with Gasteiger partial charge in [-0.05, 0) is 25.2 Å². The van der Waals surface area contributed by atoms with Gasteiger partial charge in [0.2, 0.25) is 5.91 Å². The first-order valence-electron chi connectivity index (χ1n) is 10.7. The molecule has 0 spiro atoms. The van der Waals surface area contributed by atoms with Crippen molar-refractivity contribution in [2.24, 2.45) is 16.8 Å². The highest BCUT2D eigenvalue weighted by molar-refractivity contribution is 7.11. The van der Waals surface area contributed by atoms with Crippen molar-refractivity contribution in [1.82, 2.24) is 20.5 Å². The molecular formula is C21H35N5OS. The Kier molecular flexibility index (Phi) is 7.71. The molecule has 1 amide bonds. The molecule has 1 atom stereocenters. The van der Waals surface area contributed by atoms with Crippen LogP contribution in [0.4, 0.5) is 0 Å². The van der Waals surface area contributed by atoms with E-state index in [0.29, 0.717) is 11.8 Å². The van der Waals surface area contributed by atoms with Crippen LogP contribution in [0, 0.1) is 11.8 Å². The number of nitrogens with zero attached hydrogens (tertiary/aromatic N) is 3. The molecule has 1 aliphatic carbocycles. The number of amides is 1. The van der Waals surface area contributed by atoms with Crippen LogP contribution in [0.25, 0.3) is 0 Å². The number of aliphatic imine (C=N–C) groups is 1. The van der Waals surface area contributed by atoms with Gasteiger partial charge in [-0.25, -0.2) is 4.98 Å². The van der Waals surface area contributed by atoms with Crippen LogP contribution in [0.5, 0.6) is 0 Å². The van der Waals surface area contributed by atoms with E-state index in [1.807, 2.05) is 6.20 Å². The van der Waals surface area contributed by atoms with Crippen molar-refractivity contribution in [3.8, 4) is 0 Å². The van der Waals surface area contributed by atoms with E-state index in [4.69, 9.17) is 0 Å². The predicted molar refractivity (Wildman–Crippen MR) is 116 cm³/mol. The van der Waals surface area contributed by atoms with E-state index in [1.165, 1.54) is 29.1 Å². The largest absolute Gasteiger partial charge is 0.352 e. The molecule has 0 radical (unpaired) electrons. The predicted octanol–water partition coefficient (Wildman–Crippen LogP) is 3.19. The summed E-state index contributed by atoms with van der Waals surface area (Å²) in [5.41, 5.74) is 0. The van der Waals surface area contributed by atoms with E-state index in [9.17, 15) is 4.79 Å². The number of nitrogens with one attached hydrogen (secondary N) is 2. The van der Waals surface area contributed by atoms with Crippen LogP contribution in [-0.2, 0) is 17.8 Å². The standard InChI is InChI=1S/C21H35N5OS/c1-15(2)11-19-23-12-18(28-19)13-24-21(22-3)25-17-9-10-26(14-17)20(27)16-7-5-4-6-8-16/h12,15-17H,4-11,13-14H2,1-3H3,(H2,22,24,25). The van der Waals surface area contributed by atoms with Crippen molar-refractivity contribution in [2.75, 3.05) is 20.1 Å². The van der Waals surface area contributed by atoms with E-state index in [0.717, 1.165) is 51.3 Å². The van der Waals surface area contributed by atoms with E-state index in [2.05, 4.69) is 39.4 Å². The van der Waals surface area contributed by atoms with Gasteiger partial charge in [-0.3, -0.25) is 9.79 Å². The summed E-state index contributed by atoms with van der Waals surface area (Å²) >= 11 is 1.77. The number of aromatic nitrogens is 1. The fourth-order valence-electron chi connectivity index (χ4n) is 4.12. The first kappa shape index (κ1) is 21.1. The lowest BCUT2D eigenvalue weighted by Crippen LogP contribution is -2.45. The van der Waals surface area contributed by atoms with Crippen LogP contribution in [-0.4, -0.2) is 47.9 Å². The minimum Gasteiger partial charge on any atom is -0.352 e. The highest BCUT2D eigenvalue weighted by Gasteiger charge is 2.31. The average Bonchev–Trinajstić information content (AvgIpc) is 3.34. The van der Waals surface area contributed by atoms with Crippen molar-refractivity contribution in [3.05, 3.63) is 16.1 Å². The van der Waals surface area contributed by atoms with E-state index >= 15 is 0 Å². The third-order valence-electron chi connectivity index (χ3n) is 5.63. The Labute approximate surface area is 173 Å². The van der Waals surface area contributed by atoms with Gasteiger partial charge in [-0.1, -0.05) is 33.1 Å². The summed E-state index contributed by atoms with van der Waals surface area (Å²) in [4.78, 5) is 24.9. The van der Waals surface area contributed by atoms with E-state index in [-0.39, 0.29) is 12.0 Å². The van der Waals surface area contributed by atoms with Gasteiger partial charge in [0.05, 0.1) is 11.6 Å². The average molecular weight is 406 g/mol. The number of carbonyl (C=O) groups is 1. The smallest absolute Gasteiger partial charge is 0.225 e. The van der Waals surface area contributed by atoms with Gasteiger partial charge in [0.1, 0.15) is 0 Å². The Hall–Kier alpha value is -1.63. The van der Waals surface area contributed by atoms with Crippen LogP contribution in [0.15, 0.2) is 11.2 Å². The molecule has 2 fully saturated rings. The molecule has 0 bridgehead atoms. The minimum absolute atomic E-state index is 0.260. The van der Waals surface area contributed by atoms with E-state index in [1.54, 1.807) is 18.4 Å². The summed E-state index contributed by atoms with van der Waals surface area (Å²) in [6.45, 7) is 6.81. The van der Waals surface area contributed by atoms with Crippen molar-refractivity contribution < 1.29 is 4.79 Å². The molecule has 3 rings (SSSR count). The van der Waals surface area contributed by atoms with Crippen LogP contribution in [0.1, 0.15) is 62.3 Å². The zero-order valence-corrected chi connectivity index (χ0v) is 18.4. The monoisotopic (exact) mass is 405 g/mol. The topological polar surface area (TPSA) is 69.6 Å². The number of rotatable bonds is 6. The molecule has 1 unspecified atom stereocenters. The second-order valence-corrected chi connectivity index (χ2v) is 9.69. The molecule has 28 heavy (non-hydrogen) atoms. The molecule has 2 N–H and O–H groups in total. The van der Waals surface area contributed by atoms with Crippen molar-refractivity contribution in [1.29, 1.82) is 0 Å². The molecule has 2 aliphatic rings. The molecule has 1 saturated carbocycles. The van der Waals surface area contributed by atoms with Gasteiger partial charge in [-0.2, -0.15) is 0 Å². The van der Waals surface area contributed by atoms with Gasteiger partial charge in [0, 0.05) is 49.6 Å². The highest BCUT2D eigenvalue weighted by atomic mass is 32.1. The quantitative estimate of drug-likeness (QED) is 0.563. The van der Waals surface area contributed by atoms with Crippen LogP contribution < -0.4 is 10.6 Å². The molecule has 7 heteroatoms. The number of likely N-dealkylation sites (tertiary alicyclic amines) is 1. The summed E-state index contributed by atoms with van der Waals surface area (Å²) in [5.74, 6) is 2.06. The Balaban J connectivity index is 1.43. The van der Waals surface area contributed by atoms with Crippen LogP contribution >= 0.6 is 11.3 Å². The third kappa shape index (κ3) is 5.93. The summed E-state index contributed by atoms with van der Waals surface area (Å²) in [7, 11) is 1.80. The number of hydrogen-bond donors (Lipinski definition) is 2. The number of thiazole rings is 1. The normalized spacial score (nSPS) is 21.4. The highest BCUT2D eigenvalue weighted by Crippen LogP contribution is 2.26. The van der Waals surface area contributed by atoms with Crippen LogP contribution in [0.3, 0.4) is 0 Å². The lowest BCUT2D eigenvalue weighted by atomic mass is 9.88. The van der Waals surface area contributed by atoms with Crippen molar-refractivity contribution in [2.45, 2.75) is 71.4 Å². The maximum Gasteiger partial charge on any atom is 0.225 e. The SMILES string of the molecule is CN=C(NCc1cnc(CC(C)C)s1)NC1CCN(C(=O)C2CCCCC2)C1. The van der Waals surface area contributed by atoms with Crippen LogP contribution in [0.2, 0.25) is 0 Å². The molecule has 2 heterocycles. The zero-order valence-electron chi connectivity index (χ0n) is 17.5. The van der Waals surface area contributed by atoms with Gasteiger partial charge in [0.15, 0.2) is 5.96 Å². The molecule has 0 aromatic carbocycles. The maximum atomic E-state index is 12.7. The molecule has 156 valence electrons. The summed E-state index contributed by atoms with van der Waals surface area (Å²) in [6.07, 6.45) is 9.83. The second-order valence-electron chi connectivity index (χ2n) is 8.49. The van der Waals surface area contributed by atoms with E-state index < -0.39 is 0 Å². The molecule has 1 aromatic heterocycles. The Morgan fingerprint density at radius 1 is 1.32 bits per heavy atom. The summed E-state index contributed by atoms with van der Waals surface area (Å²) in [5, 5.41) is 8.08. The molecule has 6 nitrogen and oxygen atoms in total.